The smallest absolute Gasteiger partial charge is 0.189 e. The van der Waals surface area contributed by atoms with Crippen molar-refractivity contribution in [3.05, 3.63) is 71.5 Å². The molecular formula is C28H30N4O4. The molecular weight excluding hydrogens is 456 g/mol. The third-order valence-electron chi connectivity index (χ3n) is 6.77. The van der Waals surface area contributed by atoms with Crippen molar-refractivity contribution in [1.29, 1.82) is 0 Å². The summed E-state index contributed by atoms with van der Waals surface area (Å²) in [5.74, 6) is 3.22. The second-order valence-corrected chi connectivity index (χ2v) is 9.20. The van der Waals surface area contributed by atoms with Gasteiger partial charge in [-0.05, 0) is 74.0 Å². The van der Waals surface area contributed by atoms with Crippen LogP contribution in [0.4, 0.5) is 0 Å². The number of methoxy groups -OCH3 is 1. The number of nitrogens with zero attached hydrogens (tertiary/aromatic N) is 4. The molecule has 8 heteroatoms. The van der Waals surface area contributed by atoms with Gasteiger partial charge in [-0.3, -0.25) is 4.90 Å². The minimum atomic E-state index is 0.281. The van der Waals surface area contributed by atoms with Gasteiger partial charge in [0.1, 0.15) is 29.5 Å². The van der Waals surface area contributed by atoms with Crippen molar-refractivity contribution < 1.29 is 18.9 Å². The molecule has 0 unspecified atom stereocenters. The third kappa shape index (κ3) is 4.74. The molecule has 0 amide bonds. The fourth-order valence-corrected chi connectivity index (χ4v) is 4.90. The Morgan fingerprint density at radius 1 is 1.00 bits per heavy atom. The van der Waals surface area contributed by atoms with Gasteiger partial charge >= 0.3 is 0 Å². The Morgan fingerprint density at radius 2 is 1.86 bits per heavy atom. The van der Waals surface area contributed by atoms with Gasteiger partial charge in [0.25, 0.3) is 0 Å². The molecule has 4 heterocycles. The highest BCUT2D eigenvalue weighted by atomic mass is 16.7. The Balaban J connectivity index is 1.21. The van der Waals surface area contributed by atoms with Crippen LogP contribution in [0.1, 0.15) is 29.8 Å². The molecule has 0 atom stereocenters. The average Bonchev–Trinajstić information content (AvgIpc) is 3.58. The SMILES string of the molecule is COc1ccc2nc(Cc3ccc(OCCN4CCCC4)cc3)nn2c1-c1ccc2c(c1)COCO2. The van der Waals surface area contributed by atoms with Gasteiger partial charge in [0.05, 0.1) is 13.7 Å². The number of hydrogen-bond donors (Lipinski definition) is 0. The highest BCUT2D eigenvalue weighted by Crippen LogP contribution is 2.34. The number of rotatable bonds is 8. The zero-order valence-electron chi connectivity index (χ0n) is 20.5. The summed E-state index contributed by atoms with van der Waals surface area (Å²) < 4.78 is 24.5. The maximum absolute atomic E-state index is 5.94. The highest BCUT2D eigenvalue weighted by molar-refractivity contribution is 5.71. The number of benzene rings is 2. The van der Waals surface area contributed by atoms with Crippen molar-refractivity contribution >= 4 is 5.65 Å². The molecule has 0 radical (unpaired) electrons. The summed E-state index contributed by atoms with van der Waals surface area (Å²) >= 11 is 0. The first kappa shape index (κ1) is 22.8. The molecule has 0 spiro atoms. The first-order valence-corrected chi connectivity index (χ1v) is 12.5. The van der Waals surface area contributed by atoms with E-state index in [1.165, 1.54) is 25.9 Å². The fraction of sp³-hybridized carbons (Fsp3) is 0.357. The third-order valence-corrected chi connectivity index (χ3v) is 6.77. The molecule has 0 aliphatic carbocycles. The lowest BCUT2D eigenvalue weighted by Crippen LogP contribution is -2.25. The molecule has 186 valence electrons. The molecule has 2 aliphatic heterocycles. The Bertz CT molecular complexity index is 1350. The van der Waals surface area contributed by atoms with Gasteiger partial charge in [0.15, 0.2) is 18.3 Å². The molecule has 1 saturated heterocycles. The van der Waals surface area contributed by atoms with E-state index in [9.17, 15) is 0 Å². The zero-order valence-corrected chi connectivity index (χ0v) is 20.5. The predicted octanol–water partition coefficient (Wildman–Crippen LogP) is 4.34. The van der Waals surface area contributed by atoms with Gasteiger partial charge in [0.2, 0.25) is 0 Å². The van der Waals surface area contributed by atoms with Crippen LogP contribution < -0.4 is 14.2 Å². The minimum absolute atomic E-state index is 0.281. The van der Waals surface area contributed by atoms with Gasteiger partial charge in [-0.1, -0.05) is 12.1 Å². The van der Waals surface area contributed by atoms with Gasteiger partial charge in [-0.15, -0.1) is 0 Å². The Hall–Kier alpha value is -3.62. The van der Waals surface area contributed by atoms with Gasteiger partial charge < -0.3 is 18.9 Å². The summed E-state index contributed by atoms with van der Waals surface area (Å²) in [7, 11) is 1.67. The second-order valence-electron chi connectivity index (χ2n) is 9.20. The van der Waals surface area contributed by atoms with Crippen LogP contribution in [-0.4, -0.2) is 59.6 Å². The van der Waals surface area contributed by atoms with Gasteiger partial charge in [-0.25, -0.2) is 9.50 Å². The summed E-state index contributed by atoms with van der Waals surface area (Å²) in [6.07, 6.45) is 3.23. The van der Waals surface area contributed by atoms with E-state index in [-0.39, 0.29) is 6.79 Å². The summed E-state index contributed by atoms with van der Waals surface area (Å²) in [6.45, 7) is 4.89. The molecule has 36 heavy (non-hydrogen) atoms. The van der Waals surface area contributed by atoms with Crippen LogP contribution in [0.25, 0.3) is 16.9 Å². The summed E-state index contributed by atoms with van der Waals surface area (Å²) in [6, 6.07) is 18.1. The molecule has 4 aromatic rings. The van der Waals surface area contributed by atoms with Crippen LogP contribution in [-0.2, 0) is 17.8 Å². The average molecular weight is 487 g/mol. The Morgan fingerprint density at radius 3 is 2.69 bits per heavy atom. The normalized spacial score (nSPS) is 15.6. The fourth-order valence-electron chi connectivity index (χ4n) is 4.90. The zero-order chi connectivity index (χ0) is 24.3. The highest BCUT2D eigenvalue weighted by Gasteiger charge is 2.18. The maximum atomic E-state index is 5.94. The monoisotopic (exact) mass is 486 g/mol. The van der Waals surface area contributed by atoms with E-state index in [4.69, 9.17) is 29.0 Å². The van der Waals surface area contributed by atoms with Crippen LogP contribution in [0.15, 0.2) is 54.6 Å². The molecule has 2 aromatic carbocycles. The lowest BCUT2D eigenvalue weighted by molar-refractivity contribution is -0.0163. The largest absolute Gasteiger partial charge is 0.494 e. The molecule has 2 aromatic heterocycles. The van der Waals surface area contributed by atoms with Crippen LogP contribution in [0.2, 0.25) is 0 Å². The van der Waals surface area contributed by atoms with E-state index in [0.717, 1.165) is 64.3 Å². The van der Waals surface area contributed by atoms with Crippen molar-refractivity contribution in [2.24, 2.45) is 0 Å². The van der Waals surface area contributed by atoms with Crippen molar-refractivity contribution in [3.8, 4) is 28.5 Å². The lowest BCUT2D eigenvalue weighted by Gasteiger charge is -2.19. The van der Waals surface area contributed by atoms with E-state index >= 15 is 0 Å². The van der Waals surface area contributed by atoms with Crippen molar-refractivity contribution in [3.63, 3.8) is 0 Å². The van der Waals surface area contributed by atoms with Crippen molar-refractivity contribution in [2.45, 2.75) is 25.9 Å². The van der Waals surface area contributed by atoms with E-state index in [1.807, 2.05) is 40.9 Å². The number of pyridine rings is 1. The summed E-state index contributed by atoms with van der Waals surface area (Å²) in [5.41, 5.74) is 4.73. The van der Waals surface area contributed by atoms with E-state index < -0.39 is 0 Å². The molecule has 8 nitrogen and oxygen atoms in total. The number of likely N-dealkylation sites (tertiary alicyclic amines) is 1. The van der Waals surface area contributed by atoms with Crippen LogP contribution >= 0.6 is 0 Å². The maximum Gasteiger partial charge on any atom is 0.189 e. The van der Waals surface area contributed by atoms with Crippen LogP contribution in [0.3, 0.4) is 0 Å². The molecule has 0 bridgehead atoms. The Kier molecular flexibility index (Phi) is 6.44. The number of hydrogen-bond acceptors (Lipinski definition) is 7. The molecule has 1 fully saturated rings. The van der Waals surface area contributed by atoms with E-state index in [1.54, 1.807) is 7.11 Å². The Labute approximate surface area is 210 Å². The van der Waals surface area contributed by atoms with E-state index in [0.29, 0.717) is 13.0 Å². The standard InChI is InChI=1S/C28H30N4O4/c1-33-25-10-11-27-29-26(16-20-4-7-23(8-5-20)35-15-14-31-12-2-3-13-31)30-32(27)28(25)21-6-9-24-22(17-21)18-34-19-36-24/h4-11,17H,2-3,12-16,18-19H2,1H3. The van der Waals surface area contributed by atoms with Gasteiger partial charge in [-0.2, -0.15) is 5.10 Å². The first-order valence-electron chi connectivity index (χ1n) is 12.5. The van der Waals surface area contributed by atoms with Crippen LogP contribution in [0, 0.1) is 0 Å². The number of ether oxygens (including phenoxy) is 4. The van der Waals surface area contributed by atoms with Crippen molar-refractivity contribution in [2.75, 3.05) is 40.1 Å². The molecule has 0 N–H and O–H groups in total. The minimum Gasteiger partial charge on any atom is -0.494 e. The molecule has 6 rings (SSSR count). The van der Waals surface area contributed by atoms with Crippen LogP contribution in [0.5, 0.6) is 17.2 Å². The quantitative estimate of drug-likeness (QED) is 0.367. The number of fused-ring (bicyclic) bond motifs is 2. The van der Waals surface area contributed by atoms with Crippen molar-refractivity contribution in [1.82, 2.24) is 19.5 Å². The van der Waals surface area contributed by atoms with Gasteiger partial charge in [0, 0.05) is 24.1 Å². The lowest BCUT2D eigenvalue weighted by atomic mass is 10.1. The topological polar surface area (TPSA) is 70.4 Å². The van der Waals surface area contributed by atoms with E-state index in [2.05, 4.69) is 23.1 Å². The second kappa shape index (κ2) is 10.2. The molecule has 2 aliphatic rings. The summed E-state index contributed by atoms with van der Waals surface area (Å²) in [4.78, 5) is 7.24. The predicted molar refractivity (Wildman–Crippen MR) is 136 cm³/mol. The number of aromatic nitrogens is 3. The molecule has 0 saturated carbocycles. The summed E-state index contributed by atoms with van der Waals surface area (Å²) in [5, 5.41) is 4.85. The first-order chi connectivity index (χ1) is 17.8.